The topological polar surface area (TPSA) is 45.5 Å². The van der Waals surface area contributed by atoms with Gasteiger partial charge in [0.05, 0.1) is 24.8 Å². The van der Waals surface area contributed by atoms with E-state index in [0.29, 0.717) is 13.2 Å². The highest BCUT2D eigenvalue weighted by Gasteiger charge is 2.12. The third-order valence-electron chi connectivity index (χ3n) is 6.17. The maximum Gasteiger partial charge on any atom is 0.161 e. The highest BCUT2D eigenvalue weighted by molar-refractivity contribution is 5.88. The first-order valence-electron chi connectivity index (χ1n) is 12.2. The lowest BCUT2D eigenvalue weighted by Gasteiger charge is -2.14. The van der Waals surface area contributed by atoms with Crippen LogP contribution in [0.1, 0.15) is 24.7 Å². The van der Waals surface area contributed by atoms with Crippen molar-refractivity contribution in [1.82, 2.24) is 9.55 Å². The summed E-state index contributed by atoms with van der Waals surface area (Å²) in [6.07, 6.45) is 4.87. The molecule has 0 fully saturated rings. The van der Waals surface area contributed by atoms with E-state index in [4.69, 9.17) is 19.2 Å². The van der Waals surface area contributed by atoms with Crippen LogP contribution in [0.3, 0.4) is 0 Å². The van der Waals surface area contributed by atoms with Gasteiger partial charge in [-0.1, -0.05) is 66.7 Å². The molecule has 0 atom stereocenters. The van der Waals surface area contributed by atoms with Crippen LogP contribution in [0.25, 0.3) is 27.9 Å². The van der Waals surface area contributed by atoms with E-state index in [-0.39, 0.29) is 0 Å². The maximum atomic E-state index is 6.28. The number of ether oxygens (including phenoxy) is 3. The zero-order chi connectivity index (χ0) is 24.7. The highest BCUT2D eigenvalue weighted by Crippen LogP contribution is 2.29. The molecular formula is C31H30N2O3. The second kappa shape index (κ2) is 11.0. The first-order chi connectivity index (χ1) is 17.8. The smallest absolute Gasteiger partial charge is 0.161 e. The molecule has 5 heteroatoms. The molecule has 0 aliphatic heterocycles. The van der Waals surface area contributed by atoms with Gasteiger partial charge in [0, 0.05) is 11.9 Å². The summed E-state index contributed by atoms with van der Waals surface area (Å²) < 4.78 is 20.1. The van der Waals surface area contributed by atoms with E-state index in [1.807, 2.05) is 79.7 Å². The first-order valence-corrected chi connectivity index (χ1v) is 12.2. The van der Waals surface area contributed by atoms with Crippen LogP contribution in [-0.4, -0.2) is 23.3 Å². The number of aromatic nitrogens is 2. The van der Waals surface area contributed by atoms with Gasteiger partial charge in [-0.2, -0.15) is 0 Å². The van der Waals surface area contributed by atoms with Gasteiger partial charge in [0.1, 0.15) is 18.2 Å². The molecule has 0 bridgehead atoms. The Labute approximate surface area is 211 Å². The van der Waals surface area contributed by atoms with Crippen molar-refractivity contribution >= 4 is 27.9 Å². The lowest BCUT2D eigenvalue weighted by atomic mass is 10.1. The molecule has 0 saturated heterocycles. The van der Waals surface area contributed by atoms with E-state index in [0.717, 1.165) is 63.4 Å². The average molecular weight is 479 g/mol. The average Bonchev–Trinajstić information content (AvgIpc) is 3.28. The van der Waals surface area contributed by atoms with Crippen molar-refractivity contribution < 1.29 is 14.2 Å². The second-order valence-corrected chi connectivity index (χ2v) is 8.55. The zero-order valence-corrected chi connectivity index (χ0v) is 20.7. The summed E-state index contributed by atoms with van der Waals surface area (Å²) in [6.45, 7) is 3.73. The number of nitrogens with zero attached hydrogens (tertiary/aromatic N) is 2. The number of para-hydroxylation sites is 2. The summed E-state index contributed by atoms with van der Waals surface area (Å²) in [7, 11) is 1.67. The van der Waals surface area contributed by atoms with Crippen LogP contribution in [0.15, 0.2) is 91.0 Å². The predicted octanol–water partition coefficient (Wildman–Crippen LogP) is 7.28. The minimum atomic E-state index is 0.393. The summed E-state index contributed by atoms with van der Waals surface area (Å²) in [4.78, 5) is 4.87. The van der Waals surface area contributed by atoms with Crippen LogP contribution in [0.2, 0.25) is 0 Å². The van der Waals surface area contributed by atoms with Crippen LogP contribution in [0.5, 0.6) is 17.2 Å². The Morgan fingerprint density at radius 3 is 2.56 bits per heavy atom. The maximum absolute atomic E-state index is 6.28. The van der Waals surface area contributed by atoms with Crippen LogP contribution < -0.4 is 14.2 Å². The second-order valence-electron chi connectivity index (χ2n) is 8.55. The first kappa shape index (κ1) is 23.5. The molecule has 36 heavy (non-hydrogen) atoms. The summed E-state index contributed by atoms with van der Waals surface area (Å²) in [6, 6.07) is 28.6. The van der Waals surface area contributed by atoms with Crippen LogP contribution >= 0.6 is 0 Å². The number of benzene rings is 4. The number of imidazole rings is 1. The van der Waals surface area contributed by atoms with Crippen molar-refractivity contribution in [3.8, 4) is 17.2 Å². The third-order valence-corrected chi connectivity index (χ3v) is 6.17. The molecule has 4 aromatic carbocycles. The Bertz CT molecular complexity index is 1500. The Morgan fingerprint density at radius 2 is 1.67 bits per heavy atom. The fourth-order valence-corrected chi connectivity index (χ4v) is 4.45. The monoisotopic (exact) mass is 478 g/mol. The van der Waals surface area contributed by atoms with E-state index in [2.05, 4.69) is 28.8 Å². The summed E-state index contributed by atoms with van der Waals surface area (Å²) >= 11 is 0. The number of hydrogen-bond donors (Lipinski definition) is 0. The molecule has 5 rings (SSSR count). The number of fused-ring (bicyclic) bond motifs is 2. The van der Waals surface area contributed by atoms with Gasteiger partial charge in [0.25, 0.3) is 0 Å². The number of methoxy groups -OCH3 is 1. The fraction of sp³-hybridized carbons (Fsp3) is 0.194. The third kappa shape index (κ3) is 5.05. The highest BCUT2D eigenvalue weighted by atomic mass is 16.5. The molecule has 5 aromatic rings. The molecule has 0 spiro atoms. The SMILES string of the molecule is C/C=C/c1ccc(OCCCn2c(COc3cccc4ccccc34)nc3ccccc32)c(OC)c1. The molecule has 0 amide bonds. The molecule has 182 valence electrons. The largest absolute Gasteiger partial charge is 0.493 e. The minimum Gasteiger partial charge on any atom is -0.493 e. The van der Waals surface area contributed by atoms with Gasteiger partial charge in [-0.3, -0.25) is 0 Å². The normalized spacial score (nSPS) is 11.4. The zero-order valence-electron chi connectivity index (χ0n) is 20.7. The van der Waals surface area contributed by atoms with Crippen molar-refractivity contribution in [2.75, 3.05) is 13.7 Å². The molecule has 1 aromatic heterocycles. The van der Waals surface area contributed by atoms with Gasteiger partial charge in [-0.15, -0.1) is 0 Å². The van der Waals surface area contributed by atoms with Gasteiger partial charge in [-0.25, -0.2) is 4.98 Å². The van der Waals surface area contributed by atoms with Crippen LogP contribution in [-0.2, 0) is 13.2 Å². The molecule has 0 N–H and O–H groups in total. The molecule has 0 saturated carbocycles. The van der Waals surface area contributed by atoms with Crippen molar-refractivity contribution in [3.63, 3.8) is 0 Å². The number of allylic oxidation sites excluding steroid dienone is 1. The lowest BCUT2D eigenvalue weighted by molar-refractivity contribution is 0.274. The lowest BCUT2D eigenvalue weighted by Crippen LogP contribution is -2.10. The van der Waals surface area contributed by atoms with E-state index >= 15 is 0 Å². The summed E-state index contributed by atoms with van der Waals surface area (Å²) in [5, 5.41) is 2.26. The van der Waals surface area contributed by atoms with Gasteiger partial charge < -0.3 is 18.8 Å². The Balaban J connectivity index is 1.29. The molecule has 5 nitrogen and oxygen atoms in total. The van der Waals surface area contributed by atoms with Crippen molar-refractivity contribution in [1.29, 1.82) is 0 Å². The Hall–Kier alpha value is -4.25. The number of aryl methyl sites for hydroxylation is 1. The minimum absolute atomic E-state index is 0.393. The van der Waals surface area contributed by atoms with E-state index in [9.17, 15) is 0 Å². The van der Waals surface area contributed by atoms with Crippen LogP contribution in [0.4, 0.5) is 0 Å². The molecule has 0 aliphatic carbocycles. The number of hydrogen-bond acceptors (Lipinski definition) is 4. The quantitative estimate of drug-likeness (QED) is 0.198. The molecular weight excluding hydrogens is 448 g/mol. The van der Waals surface area contributed by atoms with Crippen molar-refractivity contribution in [3.05, 3.63) is 102 Å². The summed E-state index contributed by atoms with van der Waals surface area (Å²) in [5.74, 6) is 3.25. The van der Waals surface area contributed by atoms with Crippen molar-refractivity contribution in [2.45, 2.75) is 26.5 Å². The predicted molar refractivity (Wildman–Crippen MR) is 146 cm³/mol. The molecule has 0 unspecified atom stereocenters. The standard InChI is InChI=1S/C31H30N2O3/c1-3-10-23-17-18-29(30(21-23)34-2)35-20-9-19-33-27-15-7-6-14-26(27)32-31(33)22-36-28-16-8-12-24-11-4-5-13-25(24)28/h3-8,10-18,21H,9,19-20,22H2,1-2H3/b10-3+. The van der Waals surface area contributed by atoms with E-state index < -0.39 is 0 Å². The van der Waals surface area contributed by atoms with Gasteiger partial charge in [-0.05, 0) is 54.6 Å². The Morgan fingerprint density at radius 1 is 0.833 bits per heavy atom. The van der Waals surface area contributed by atoms with Gasteiger partial charge in [0.15, 0.2) is 11.5 Å². The van der Waals surface area contributed by atoms with Gasteiger partial charge in [0.2, 0.25) is 0 Å². The van der Waals surface area contributed by atoms with E-state index in [1.165, 1.54) is 0 Å². The molecule has 1 heterocycles. The summed E-state index contributed by atoms with van der Waals surface area (Å²) in [5.41, 5.74) is 3.15. The number of rotatable bonds is 10. The molecule has 0 aliphatic rings. The fourth-order valence-electron chi connectivity index (χ4n) is 4.45. The van der Waals surface area contributed by atoms with E-state index in [1.54, 1.807) is 7.11 Å². The Kier molecular flexibility index (Phi) is 7.17. The molecule has 0 radical (unpaired) electrons. The van der Waals surface area contributed by atoms with Crippen LogP contribution in [0, 0.1) is 0 Å². The van der Waals surface area contributed by atoms with Crippen molar-refractivity contribution in [2.24, 2.45) is 0 Å². The van der Waals surface area contributed by atoms with Gasteiger partial charge >= 0.3 is 0 Å².